The van der Waals surface area contributed by atoms with Crippen LogP contribution in [-0.4, -0.2) is 29.8 Å². The van der Waals surface area contributed by atoms with Crippen LogP contribution >= 0.6 is 11.6 Å². The number of halogens is 1. The smallest absolute Gasteiger partial charge is 0.116 e. The average molecular weight is 408 g/mol. The van der Waals surface area contributed by atoms with Crippen molar-refractivity contribution in [3.63, 3.8) is 0 Å². The molecule has 0 atom stereocenters. The summed E-state index contributed by atoms with van der Waals surface area (Å²) in [4.78, 5) is 4.69. The molecule has 5 nitrogen and oxygen atoms in total. The minimum absolute atomic E-state index is 0.199. The fraction of sp³-hybridized carbons (Fsp3) is 0.174. The van der Waals surface area contributed by atoms with Crippen LogP contribution in [0.1, 0.15) is 6.92 Å². The van der Waals surface area contributed by atoms with E-state index in [9.17, 15) is 5.11 Å². The zero-order valence-electron chi connectivity index (χ0n) is 16.1. The van der Waals surface area contributed by atoms with Crippen LogP contribution in [0, 0.1) is 0 Å². The van der Waals surface area contributed by atoms with E-state index in [1.54, 1.807) is 12.1 Å². The molecule has 0 aliphatic carbocycles. The van der Waals surface area contributed by atoms with Crippen LogP contribution in [0.5, 0.6) is 5.75 Å². The third-order valence-corrected chi connectivity index (χ3v) is 4.89. The summed E-state index contributed by atoms with van der Waals surface area (Å²) in [5.41, 5.74) is 4.44. The highest BCUT2D eigenvalue weighted by Crippen LogP contribution is 2.35. The number of benzene rings is 3. The number of anilines is 3. The number of aromatic hydroxyl groups is 1. The second-order valence-corrected chi connectivity index (χ2v) is 7.11. The number of nitrogens with one attached hydrogen (secondary N) is 2. The molecule has 0 unspecified atom stereocenters. The predicted molar refractivity (Wildman–Crippen MR) is 121 cm³/mol. The number of rotatable bonds is 7. The van der Waals surface area contributed by atoms with Crippen molar-refractivity contribution in [1.82, 2.24) is 4.98 Å². The van der Waals surface area contributed by atoms with E-state index in [2.05, 4.69) is 15.6 Å². The third-order valence-electron chi connectivity index (χ3n) is 4.65. The number of fused-ring (bicyclic) bond motifs is 2. The van der Waals surface area contributed by atoms with Crippen molar-refractivity contribution in [3.05, 3.63) is 65.7 Å². The van der Waals surface area contributed by atoms with Gasteiger partial charge in [-0.05, 0) is 67.6 Å². The molecule has 0 amide bonds. The summed E-state index contributed by atoms with van der Waals surface area (Å²) in [5.74, 6) is 0.199. The summed E-state index contributed by atoms with van der Waals surface area (Å²) in [6.45, 7) is 4.15. The van der Waals surface area contributed by atoms with Gasteiger partial charge in [0.2, 0.25) is 0 Å². The van der Waals surface area contributed by atoms with Crippen molar-refractivity contribution in [2.45, 2.75) is 6.92 Å². The van der Waals surface area contributed by atoms with Crippen LogP contribution in [0.4, 0.5) is 17.1 Å². The van der Waals surface area contributed by atoms with Crippen LogP contribution < -0.4 is 10.6 Å². The molecular weight excluding hydrogens is 386 g/mol. The predicted octanol–water partition coefficient (Wildman–Crippen LogP) is 5.94. The van der Waals surface area contributed by atoms with Gasteiger partial charge in [0, 0.05) is 40.3 Å². The maximum absolute atomic E-state index is 10.00. The molecule has 0 aliphatic rings. The number of phenolic OH excluding ortho intramolecular Hbond substituents is 1. The minimum Gasteiger partial charge on any atom is -0.508 e. The number of hydrogen-bond donors (Lipinski definition) is 3. The number of nitrogens with zero attached hydrogens (tertiary/aromatic N) is 1. The molecule has 148 valence electrons. The molecule has 4 aromatic rings. The Balaban J connectivity index is 1.68. The molecule has 6 heteroatoms. The molecule has 3 N–H and O–H groups in total. The molecule has 0 radical (unpaired) electrons. The van der Waals surface area contributed by atoms with Gasteiger partial charge in [-0.3, -0.25) is 0 Å². The van der Waals surface area contributed by atoms with Gasteiger partial charge in [0.15, 0.2) is 0 Å². The fourth-order valence-corrected chi connectivity index (χ4v) is 3.43. The Morgan fingerprint density at radius 1 is 0.931 bits per heavy atom. The zero-order chi connectivity index (χ0) is 20.2. The molecule has 29 heavy (non-hydrogen) atoms. The monoisotopic (exact) mass is 407 g/mol. The van der Waals surface area contributed by atoms with Gasteiger partial charge in [-0.2, -0.15) is 0 Å². The standard InChI is InChI=1S/C23H22ClN3O2/c1-2-29-12-11-25-16-4-6-17(7-5-16)26-23-19-9-3-15(24)13-22(19)27-21-10-8-18(28)14-20(21)23/h3-10,13-14,25,28H,2,11-12H2,1H3,(H,26,27). The maximum Gasteiger partial charge on any atom is 0.116 e. The lowest BCUT2D eigenvalue weighted by Gasteiger charge is -2.14. The van der Waals surface area contributed by atoms with Crippen molar-refractivity contribution in [1.29, 1.82) is 0 Å². The van der Waals surface area contributed by atoms with Gasteiger partial charge < -0.3 is 20.5 Å². The van der Waals surface area contributed by atoms with Crippen molar-refractivity contribution in [2.24, 2.45) is 0 Å². The van der Waals surface area contributed by atoms with Crippen molar-refractivity contribution >= 4 is 50.5 Å². The Kier molecular flexibility index (Phi) is 5.69. The number of phenols is 1. The van der Waals surface area contributed by atoms with E-state index < -0.39 is 0 Å². The van der Waals surface area contributed by atoms with E-state index >= 15 is 0 Å². The minimum atomic E-state index is 0.199. The largest absolute Gasteiger partial charge is 0.508 e. The highest BCUT2D eigenvalue weighted by molar-refractivity contribution is 6.31. The van der Waals surface area contributed by atoms with Crippen LogP contribution in [0.25, 0.3) is 21.8 Å². The molecule has 0 saturated carbocycles. The van der Waals surface area contributed by atoms with Gasteiger partial charge in [0.05, 0.1) is 23.3 Å². The molecular formula is C23H22ClN3O2. The first-order valence-corrected chi connectivity index (χ1v) is 9.92. The molecule has 0 aliphatic heterocycles. The average Bonchev–Trinajstić information content (AvgIpc) is 2.72. The Hall–Kier alpha value is -3.02. The molecule has 1 heterocycles. The first kappa shape index (κ1) is 19.3. The van der Waals surface area contributed by atoms with Gasteiger partial charge in [-0.1, -0.05) is 11.6 Å². The summed E-state index contributed by atoms with van der Waals surface area (Å²) in [6.07, 6.45) is 0. The Morgan fingerprint density at radius 2 is 1.72 bits per heavy atom. The van der Waals surface area contributed by atoms with Crippen LogP contribution in [0.3, 0.4) is 0 Å². The lowest BCUT2D eigenvalue weighted by Crippen LogP contribution is -2.08. The van der Waals surface area contributed by atoms with Gasteiger partial charge in [0.1, 0.15) is 5.75 Å². The lowest BCUT2D eigenvalue weighted by molar-refractivity contribution is 0.158. The van der Waals surface area contributed by atoms with Gasteiger partial charge >= 0.3 is 0 Å². The first-order valence-electron chi connectivity index (χ1n) is 9.55. The topological polar surface area (TPSA) is 66.4 Å². The molecule has 0 saturated heterocycles. The highest BCUT2D eigenvalue weighted by atomic mass is 35.5. The van der Waals surface area contributed by atoms with E-state index in [0.29, 0.717) is 11.6 Å². The van der Waals surface area contributed by atoms with E-state index in [0.717, 1.165) is 52.0 Å². The van der Waals surface area contributed by atoms with Gasteiger partial charge in [-0.25, -0.2) is 4.98 Å². The second kappa shape index (κ2) is 8.55. The molecule has 0 bridgehead atoms. The van der Waals surface area contributed by atoms with E-state index in [-0.39, 0.29) is 5.75 Å². The number of pyridine rings is 1. The van der Waals surface area contributed by atoms with Crippen molar-refractivity contribution in [2.75, 3.05) is 30.4 Å². The van der Waals surface area contributed by atoms with E-state index in [4.69, 9.17) is 16.3 Å². The van der Waals surface area contributed by atoms with Crippen LogP contribution in [-0.2, 0) is 4.74 Å². The van der Waals surface area contributed by atoms with Crippen molar-refractivity contribution < 1.29 is 9.84 Å². The zero-order valence-corrected chi connectivity index (χ0v) is 16.8. The number of ether oxygens (including phenoxy) is 1. The summed E-state index contributed by atoms with van der Waals surface area (Å²) in [7, 11) is 0. The summed E-state index contributed by atoms with van der Waals surface area (Å²) < 4.78 is 5.35. The molecule has 0 spiro atoms. The van der Waals surface area contributed by atoms with Crippen LogP contribution in [0.2, 0.25) is 5.02 Å². The maximum atomic E-state index is 10.00. The highest BCUT2D eigenvalue weighted by Gasteiger charge is 2.11. The summed E-state index contributed by atoms with van der Waals surface area (Å²) in [5, 5.41) is 19.2. The Morgan fingerprint density at radius 3 is 2.52 bits per heavy atom. The van der Waals surface area contributed by atoms with Gasteiger partial charge in [-0.15, -0.1) is 0 Å². The SMILES string of the molecule is CCOCCNc1ccc(Nc2c3ccc(Cl)cc3nc3ccc(O)cc23)cc1. The summed E-state index contributed by atoms with van der Waals surface area (Å²) >= 11 is 6.17. The van der Waals surface area contributed by atoms with Crippen molar-refractivity contribution in [3.8, 4) is 5.75 Å². The van der Waals surface area contributed by atoms with Gasteiger partial charge in [0.25, 0.3) is 0 Å². The summed E-state index contributed by atoms with van der Waals surface area (Å²) in [6, 6.07) is 18.9. The van der Waals surface area contributed by atoms with Crippen LogP contribution in [0.15, 0.2) is 60.7 Å². The Bertz CT molecular complexity index is 1150. The second-order valence-electron chi connectivity index (χ2n) is 6.68. The quantitative estimate of drug-likeness (QED) is 0.261. The van der Waals surface area contributed by atoms with E-state index in [1.807, 2.05) is 55.5 Å². The molecule has 4 rings (SSSR count). The first-order chi connectivity index (χ1) is 14.1. The third kappa shape index (κ3) is 4.36. The molecule has 3 aromatic carbocycles. The molecule has 1 aromatic heterocycles. The van der Waals surface area contributed by atoms with E-state index in [1.165, 1.54) is 0 Å². The lowest BCUT2D eigenvalue weighted by atomic mass is 10.1. The normalized spacial score (nSPS) is 11.1. The Labute approximate surface area is 174 Å². The number of aromatic nitrogens is 1. The fourth-order valence-electron chi connectivity index (χ4n) is 3.27. The molecule has 0 fully saturated rings. The number of hydrogen-bond acceptors (Lipinski definition) is 5.